The zero-order valence-corrected chi connectivity index (χ0v) is 10.7. The van der Waals surface area contributed by atoms with Crippen molar-refractivity contribution in [3.63, 3.8) is 0 Å². The minimum absolute atomic E-state index is 0.845. The zero-order chi connectivity index (χ0) is 12.0. The molecule has 0 N–H and O–H groups in total. The molecular weight excluding hydrogens is 196 g/mol. The normalized spacial score (nSPS) is 20.4. The number of rotatable bonds is 4. The van der Waals surface area contributed by atoms with E-state index in [1.54, 1.807) is 5.57 Å². The van der Waals surface area contributed by atoms with Crippen molar-refractivity contribution >= 4 is 6.29 Å². The van der Waals surface area contributed by atoms with Crippen LogP contribution in [0.15, 0.2) is 34.4 Å². The van der Waals surface area contributed by atoms with Crippen LogP contribution in [-0.2, 0) is 4.79 Å². The Hall–Kier alpha value is -1.11. The van der Waals surface area contributed by atoms with Gasteiger partial charge in [-0.1, -0.05) is 28.9 Å². The van der Waals surface area contributed by atoms with Gasteiger partial charge in [0.25, 0.3) is 0 Å². The fourth-order valence-corrected chi connectivity index (χ4v) is 1.98. The highest BCUT2D eigenvalue weighted by molar-refractivity contribution is 5.71. The summed E-state index contributed by atoms with van der Waals surface area (Å²) in [5, 5.41) is 0. The van der Waals surface area contributed by atoms with Crippen LogP contribution >= 0.6 is 0 Å². The molecule has 0 radical (unpaired) electrons. The molecule has 88 valence electrons. The van der Waals surface area contributed by atoms with Crippen LogP contribution in [-0.4, -0.2) is 6.29 Å². The van der Waals surface area contributed by atoms with E-state index in [1.165, 1.54) is 24.0 Å². The fourth-order valence-electron chi connectivity index (χ4n) is 1.98. The van der Waals surface area contributed by atoms with Gasteiger partial charge in [-0.25, -0.2) is 0 Å². The van der Waals surface area contributed by atoms with Crippen molar-refractivity contribution in [2.75, 3.05) is 0 Å². The molecule has 0 fully saturated rings. The Morgan fingerprint density at radius 3 is 2.69 bits per heavy atom. The van der Waals surface area contributed by atoms with Gasteiger partial charge in [0.2, 0.25) is 0 Å². The van der Waals surface area contributed by atoms with Gasteiger partial charge in [-0.3, -0.25) is 4.79 Å². The molecule has 0 aromatic rings. The minimum atomic E-state index is 0.845. The number of hydrogen-bond acceptors (Lipinski definition) is 1. The smallest absolute Gasteiger partial charge is 0.145 e. The Bertz CT molecular complexity index is 342. The minimum Gasteiger partial charge on any atom is -0.298 e. The Morgan fingerprint density at radius 2 is 2.12 bits per heavy atom. The SMILES string of the molecule is CC1=CC/C(=C(\C)CC/C=C(\C)C=O)CC1. The van der Waals surface area contributed by atoms with Crippen LogP contribution in [0.3, 0.4) is 0 Å². The second-order valence-electron chi connectivity index (χ2n) is 4.74. The summed E-state index contributed by atoms with van der Waals surface area (Å²) in [5.41, 5.74) is 5.48. The lowest BCUT2D eigenvalue weighted by Gasteiger charge is -2.15. The lowest BCUT2D eigenvalue weighted by molar-refractivity contribution is -0.104. The van der Waals surface area contributed by atoms with Crippen LogP contribution in [0, 0.1) is 0 Å². The summed E-state index contributed by atoms with van der Waals surface area (Å²) in [7, 11) is 0. The molecule has 1 aliphatic carbocycles. The maximum atomic E-state index is 10.4. The summed E-state index contributed by atoms with van der Waals surface area (Å²) in [5.74, 6) is 0. The van der Waals surface area contributed by atoms with Crippen molar-refractivity contribution in [2.45, 2.75) is 52.9 Å². The Morgan fingerprint density at radius 1 is 1.38 bits per heavy atom. The van der Waals surface area contributed by atoms with E-state index in [4.69, 9.17) is 0 Å². The lowest BCUT2D eigenvalue weighted by Crippen LogP contribution is -1.96. The van der Waals surface area contributed by atoms with Crippen LogP contribution in [0.2, 0.25) is 0 Å². The molecule has 0 heterocycles. The second kappa shape index (κ2) is 6.47. The Kier molecular flexibility index (Phi) is 5.24. The van der Waals surface area contributed by atoms with E-state index in [0.717, 1.165) is 31.1 Å². The third-order valence-electron chi connectivity index (χ3n) is 3.29. The van der Waals surface area contributed by atoms with Gasteiger partial charge in [0.1, 0.15) is 6.29 Å². The van der Waals surface area contributed by atoms with E-state index in [2.05, 4.69) is 19.9 Å². The summed E-state index contributed by atoms with van der Waals surface area (Å²) in [6.07, 6.45) is 11.0. The number of carbonyl (C=O) groups is 1. The maximum Gasteiger partial charge on any atom is 0.145 e. The average Bonchev–Trinajstić information content (AvgIpc) is 2.29. The van der Waals surface area contributed by atoms with Crippen LogP contribution < -0.4 is 0 Å². The summed E-state index contributed by atoms with van der Waals surface area (Å²) in [4.78, 5) is 10.4. The quantitative estimate of drug-likeness (QED) is 0.389. The van der Waals surface area contributed by atoms with Gasteiger partial charge >= 0.3 is 0 Å². The molecule has 0 aromatic carbocycles. The Balaban J connectivity index is 2.48. The predicted molar refractivity (Wildman–Crippen MR) is 69.4 cm³/mol. The van der Waals surface area contributed by atoms with E-state index in [0.29, 0.717) is 0 Å². The van der Waals surface area contributed by atoms with Gasteiger partial charge in [0, 0.05) is 0 Å². The van der Waals surface area contributed by atoms with Gasteiger partial charge < -0.3 is 0 Å². The zero-order valence-electron chi connectivity index (χ0n) is 10.7. The number of carbonyl (C=O) groups excluding carboxylic acids is 1. The second-order valence-corrected chi connectivity index (χ2v) is 4.74. The van der Waals surface area contributed by atoms with Crippen LogP contribution in [0.4, 0.5) is 0 Å². The lowest BCUT2D eigenvalue weighted by atomic mass is 9.91. The molecule has 0 amide bonds. The van der Waals surface area contributed by atoms with Crippen molar-refractivity contribution in [3.05, 3.63) is 34.4 Å². The molecule has 0 aliphatic heterocycles. The third kappa shape index (κ3) is 4.18. The summed E-state index contributed by atoms with van der Waals surface area (Å²) in [6.45, 7) is 6.30. The Labute approximate surface area is 98.9 Å². The van der Waals surface area contributed by atoms with Gasteiger partial charge in [0.05, 0.1) is 0 Å². The van der Waals surface area contributed by atoms with Gasteiger partial charge in [0.15, 0.2) is 0 Å². The molecule has 0 unspecified atom stereocenters. The van der Waals surface area contributed by atoms with Crippen molar-refractivity contribution in [1.82, 2.24) is 0 Å². The highest BCUT2D eigenvalue weighted by Gasteiger charge is 2.07. The standard InChI is InChI=1S/C15H22O/c1-12-7-9-15(10-8-12)14(3)6-4-5-13(2)11-16/h5,7,11H,4,6,8-10H2,1-3H3/b13-5+,15-14-. The van der Waals surface area contributed by atoms with Crippen molar-refractivity contribution in [2.24, 2.45) is 0 Å². The van der Waals surface area contributed by atoms with Gasteiger partial charge in [-0.05, 0) is 58.4 Å². The van der Waals surface area contributed by atoms with E-state index in [1.807, 2.05) is 13.0 Å². The molecule has 0 saturated heterocycles. The first-order valence-corrected chi connectivity index (χ1v) is 6.08. The van der Waals surface area contributed by atoms with Gasteiger partial charge in [-0.15, -0.1) is 0 Å². The van der Waals surface area contributed by atoms with Gasteiger partial charge in [-0.2, -0.15) is 0 Å². The highest BCUT2D eigenvalue weighted by atomic mass is 16.1. The molecule has 0 aromatic heterocycles. The first kappa shape index (κ1) is 13.0. The molecule has 1 aliphatic rings. The molecule has 1 heteroatoms. The number of allylic oxidation sites excluding steroid dienone is 6. The molecule has 16 heavy (non-hydrogen) atoms. The van der Waals surface area contributed by atoms with E-state index in [9.17, 15) is 4.79 Å². The highest BCUT2D eigenvalue weighted by Crippen LogP contribution is 2.26. The van der Waals surface area contributed by atoms with Crippen LogP contribution in [0.25, 0.3) is 0 Å². The van der Waals surface area contributed by atoms with Crippen molar-refractivity contribution in [1.29, 1.82) is 0 Å². The predicted octanol–water partition coefficient (Wildman–Crippen LogP) is 4.36. The molecule has 0 saturated carbocycles. The molecule has 1 nitrogen and oxygen atoms in total. The molecule has 1 rings (SSSR count). The van der Waals surface area contributed by atoms with E-state index in [-0.39, 0.29) is 0 Å². The summed E-state index contributed by atoms with van der Waals surface area (Å²) < 4.78 is 0. The van der Waals surface area contributed by atoms with E-state index < -0.39 is 0 Å². The van der Waals surface area contributed by atoms with E-state index >= 15 is 0 Å². The number of aldehydes is 1. The summed E-state index contributed by atoms with van der Waals surface area (Å²) in [6, 6.07) is 0. The van der Waals surface area contributed by atoms with Crippen LogP contribution in [0.5, 0.6) is 0 Å². The fraction of sp³-hybridized carbons (Fsp3) is 0.533. The molecule has 0 bridgehead atoms. The first-order chi connectivity index (χ1) is 7.63. The van der Waals surface area contributed by atoms with Crippen molar-refractivity contribution in [3.8, 4) is 0 Å². The topological polar surface area (TPSA) is 17.1 Å². The maximum absolute atomic E-state index is 10.4. The summed E-state index contributed by atoms with van der Waals surface area (Å²) >= 11 is 0. The monoisotopic (exact) mass is 218 g/mol. The molecule has 0 atom stereocenters. The van der Waals surface area contributed by atoms with Crippen molar-refractivity contribution < 1.29 is 4.79 Å². The first-order valence-electron chi connectivity index (χ1n) is 6.08. The molecule has 0 spiro atoms. The number of hydrogen-bond donors (Lipinski definition) is 0. The third-order valence-corrected chi connectivity index (χ3v) is 3.29. The molecular formula is C15H22O. The average molecular weight is 218 g/mol. The largest absolute Gasteiger partial charge is 0.298 e. The van der Waals surface area contributed by atoms with Crippen LogP contribution in [0.1, 0.15) is 52.9 Å².